The minimum absolute atomic E-state index is 0.0351. The molecule has 4 heteroatoms. The Morgan fingerprint density at radius 1 is 1.53 bits per heavy atom. The number of nitrogen functional groups attached to an aromatic ring is 1. The Morgan fingerprint density at radius 2 is 2.29 bits per heavy atom. The average molecular weight is 235 g/mol. The first-order chi connectivity index (χ1) is 8.20. The van der Waals surface area contributed by atoms with E-state index < -0.39 is 0 Å². The zero-order valence-electron chi connectivity index (χ0n) is 10.3. The van der Waals surface area contributed by atoms with Crippen LogP contribution in [0.1, 0.15) is 49.5 Å². The van der Waals surface area contributed by atoms with Crippen LogP contribution in [0.2, 0.25) is 0 Å². The van der Waals surface area contributed by atoms with E-state index in [9.17, 15) is 4.79 Å². The van der Waals surface area contributed by atoms with Gasteiger partial charge in [-0.1, -0.05) is 26.2 Å². The largest absolute Gasteiger partial charge is 0.397 e. The van der Waals surface area contributed by atoms with Crippen molar-refractivity contribution in [2.45, 2.75) is 45.1 Å². The Morgan fingerprint density at radius 3 is 2.94 bits per heavy atom. The van der Waals surface area contributed by atoms with Crippen LogP contribution < -0.4 is 11.1 Å². The Labute approximate surface area is 102 Å². The molecule has 1 amide bonds. The number of aromatic nitrogens is 1. The molecule has 1 heterocycles. The van der Waals surface area contributed by atoms with Crippen molar-refractivity contribution in [3.05, 3.63) is 18.0 Å². The van der Waals surface area contributed by atoms with Crippen molar-refractivity contribution >= 4 is 11.6 Å². The van der Waals surface area contributed by atoms with Gasteiger partial charge in [0.25, 0.3) is 5.91 Å². The van der Waals surface area contributed by atoms with Gasteiger partial charge in [-0.2, -0.15) is 0 Å². The fraction of sp³-hybridized carbons (Fsp3) is 0.615. The maximum absolute atomic E-state index is 12.0. The van der Waals surface area contributed by atoms with Gasteiger partial charge in [-0.05, 0) is 24.8 Å². The highest BCUT2D eigenvalue weighted by Crippen LogP contribution is 2.27. The predicted octanol–water partition coefficient (Wildman–Crippen LogP) is 2.30. The van der Waals surface area contributed by atoms with Gasteiger partial charge >= 0.3 is 0 Å². The zero-order chi connectivity index (χ0) is 12.3. The van der Waals surface area contributed by atoms with Crippen LogP contribution in [0.15, 0.2) is 12.3 Å². The van der Waals surface area contributed by atoms with E-state index in [1.165, 1.54) is 19.3 Å². The van der Waals surface area contributed by atoms with E-state index in [2.05, 4.69) is 17.2 Å². The molecule has 4 nitrogen and oxygen atoms in total. The molecule has 2 atom stereocenters. The van der Waals surface area contributed by atoms with Gasteiger partial charge in [0.05, 0.1) is 0 Å². The minimum atomic E-state index is -0.0351. The molecule has 0 aromatic carbocycles. The molecule has 0 saturated heterocycles. The topological polar surface area (TPSA) is 70.9 Å². The van der Waals surface area contributed by atoms with Crippen LogP contribution >= 0.6 is 0 Å². The predicted molar refractivity (Wildman–Crippen MR) is 68.7 cm³/mol. The Hall–Kier alpha value is -1.45. The van der Waals surface area contributed by atoms with Gasteiger partial charge in [0.15, 0.2) is 0 Å². The average Bonchev–Trinajstić information content (AvgIpc) is 2.77. The standard InChI is InChI=1S/C13H21N3O/c1-2-9-5-3-4-6-11(9)16-13(17)12-7-10(14)8-15-12/h7-9,11,15H,2-6,14H2,1H3,(H,16,17). The molecule has 2 unspecified atom stereocenters. The summed E-state index contributed by atoms with van der Waals surface area (Å²) in [6, 6.07) is 2.00. The van der Waals surface area contributed by atoms with Gasteiger partial charge in [0, 0.05) is 17.9 Å². The molecule has 1 aliphatic carbocycles. The number of hydrogen-bond donors (Lipinski definition) is 3. The van der Waals surface area contributed by atoms with E-state index in [4.69, 9.17) is 5.73 Å². The molecular formula is C13H21N3O. The smallest absolute Gasteiger partial charge is 0.267 e. The van der Waals surface area contributed by atoms with Crippen LogP contribution in [0.3, 0.4) is 0 Å². The number of nitrogens with one attached hydrogen (secondary N) is 2. The van der Waals surface area contributed by atoms with Crippen molar-refractivity contribution < 1.29 is 4.79 Å². The first kappa shape index (κ1) is 12.0. The molecule has 1 aromatic rings. The normalized spacial score (nSPS) is 24.5. The van der Waals surface area contributed by atoms with Crippen molar-refractivity contribution in [2.75, 3.05) is 5.73 Å². The first-order valence-electron chi connectivity index (χ1n) is 6.45. The van der Waals surface area contributed by atoms with Crippen molar-refractivity contribution in [3.8, 4) is 0 Å². The summed E-state index contributed by atoms with van der Waals surface area (Å²) >= 11 is 0. The SMILES string of the molecule is CCC1CCCCC1NC(=O)c1cc(N)c[nH]1. The van der Waals surface area contributed by atoms with Crippen LogP contribution in [0.25, 0.3) is 0 Å². The van der Waals surface area contributed by atoms with Crippen LogP contribution in [-0.2, 0) is 0 Å². The number of carbonyl (C=O) groups excluding carboxylic acids is 1. The number of anilines is 1. The fourth-order valence-electron chi connectivity index (χ4n) is 2.67. The summed E-state index contributed by atoms with van der Waals surface area (Å²) in [6.07, 6.45) is 7.62. The van der Waals surface area contributed by atoms with Crippen molar-refractivity contribution in [1.29, 1.82) is 0 Å². The van der Waals surface area contributed by atoms with Gasteiger partial charge in [-0.3, -0.25) is 4.79 Å². The van der Waals surface area contributed by atoms with Crippen LogP contribution in [0.5, 0.6) is 0 Å². The molecule has 1 fully saturated rings. The van der Waals surface area contributed by atoms with Crippen LogP contribution in [0, 0.1) is 5.92 Å². The molecule has 1 saturated carbocycles. The molecule has 17 heavy (non-hydrogen) atoms. The molecule has 0 bridgehead atoms. The lowest BCUT2D eigenvalue weighted by Crippen LogP contribution is -2.42. The van der Waals surface area contributed by atoms with Crippen molar-refractivity contribution in [3.63, 3.8) is 0 Å². The number of H-pyrrole nitrogens is 1. The van der Waals surface area contributed by atoms with Gasteiger partial charge in [-0.15, -0.1) is 0 Å². The molecule has 4 N–H and O–H groups in total. The lowest BCUT2D eigenvalue weighted by molar-refractivity contribution is 0.0900. The molecular weight excluding hydrogens is 214 g/mol. The second kappa shape index (κ2) is 5.25. The number of carbonyl (C=O) groups is 1. The fourth-order valence-corrected chi connectivity index (χ4v) is 2.67. The summed E-state index contributed by atoms with van der Waals surface area (Å²) in [4.78, 5) is 14.9. The summed E-state index contributed by atoms with van der Waals surface area (Å²) in [7, 11) is 0. The molecule has 94 valence electrons. The number of nitrogens with two attached hydrogens (primary N) is 1. The zero-order valence-corrected chi connectivity index (χ0v) is 10.3. The van der Waals surface area contributed by atoms with E-state index in [0.29, 0.717) is 23.3 Å². The molecule has 0 spiro atoms. The van der Waals surface area contributed by atoms with Crippen LogP contribution in [-0.4, -0.2) is 16.9 Å². The summed E-state index contributed by atoms with van der Waals surface area (Å²) < 4.78 is 0. The summed E-state index contributed by atoms with van der Waals surface area (Å²) in [5, 5.41) is 3.12. The third-order valence-corrected chi connectivity index (χ3v) is 3.70. The second-order valence-electron chi connectivity index (χ2n) is 4.88. The molecule has 1 aromatic heterocycles. The third-order valence-electron chi connectivity index (χ3n) is 3.70. The minimum Gasteiger partial charge on any atom is -0.397 e. The lowest BCUT2D eigenvalue weighted by Gasteiger charge is -2.31. The summed E-state index contributed by atoms with van der Waals surface area (Å²) in [5.74, 6) is 0.590. The monoisotopic (exact) mass is 235 g/mol. The van der Waals surface area contributed by atoms with E-state index in [1.54, 1.807) is 12.3 Å². The van der Waals surface area contributed by atoms with Crippen LogP contribution in [0.4, 0.5) is 5.69 Å². The van der Waals surface area contributed by atoms with E-state index in [-0.39, 0.29) is 5.91 Å². The Bertz CT molecular complexity index is 386. The molecule has 2 rings (SSSR count). The molecule has 0 radical (unpaired) electrons. The van der Waals surface area contributed by atoms with E-state index in [1.807, 2.05) is 0 Å². The third kappa shape index (κ3) is 2.81. The van der Waals surface area contributed by atoms with E-state index in [0.717, 1.165) is 12.8 Å². The highest BCUT2D eigenvalue weighted by atomic mass is 16.1. The highest BCUT2D eigenvalue weighted by Gasteiger charge is 2.25. The quantitative estimate of drug-likeness (QED) is 0.752. The Balaban J connectivity index is 1.97. The summed E-state index contributed by atoms with van der Waals surface area (Å²) in [6.45, 7) is 2.20. The lowest BCUT2D eigenvalue weighted by atomic mass is 9.83. The number of hydrogen-bond acceptors (Lipinski definition) is 2. The van der Waals surface area contributed by atoms with Gasteiger partial charge in [0.2, 0.25) is 0 Å². The summed E-state index contributed by atoms with van der Waals surface area (Å²) in [5.41, 5.74) is 6.75. The van der Waals surface area contributed by atoms with Gasteiger partial charge < -0.3 is 16.0 Å². The van der Waals surface area contributed by atoms with Gasteiger partial charge in [-0.25, -0.2) is 0 Å². The number of amides is 1. The first-order valence-corrected chi connectivity index (χ1v) is 6.45. The molecule has 0 aliphatic heterocycles. The Kier molecular flexibility index (Phi) is 3.71. The number of aromatic amines is 1. The highest BCUT2D eigenvalue weighted by molar-refractivity contribution is 5.93. The van der Waals surface area contributed by atoms with E-state index >= 15 is 0 Å². The van der Waals surface area contributed by atoms with Gasteiger partial charge in [0.1, 0.15) is 5.69 Å². The van der Waals surface area contributed by atoms with Crippen molar-refractivity contribution in [2.24, 2.45) is 5.92 Å². The molecule has 1 aliphatic rings. The maximum Gasteiger partial charge on any atom is 0.267 e. The van der Waals surface area contributed by atoms with Crippen molar-refractivity contribution in [1.82, 2.24) is 10.3 Å². The second-order valence-corrected chi connectivity index (χ2v) is 4.88. The maximum atomic E-state index is 12.0. The number of rotatable bonds is 3.